The highest BCUT2D eigenvalue weighted by molar-refractivity contribution is 5.96. The van der Waals surface area contributed by atoms with Crippen LogP contribution in [-0.2, 0) is 4.79 Å². The zero-order chi connectivity index (χ0) is 12.3. The number of benzene rings is 1. The van der Waals surface area contributed by atoms with Crippen molar-refractivity contribution in [2.75, 3.05) is 0 Å². The number of amides is 1. The van der Waals surface area contributed by atoms with Gasteiger partial charge >= 0.3 is 0 Å². The molecule has 0 bridgehead atoms. The Kier molecular flexibility index (Phi) is 3.37. The molecule has 0 saturated carbocycles. The Morgan fingerprint density at radius 2 is 2.00 bits per heavy atom. The molecule has 0 heterocycles. The molecule has 0 aliphatic heterocycles. The summed E-state index contributed by atoms with van der Waals surface area (Å²) >= 11 is 0. The van der Waals surface area contributed by atoms with Gasteiger partial charge in [-0.15, -0.1) is 0 Å². The molecule has 1 aromatic carbocycles. The van der Waals surface area contributed by atoms with Gasteiger partial charge < -0.3 is 10.1 Å². The molecule has 0 unspecified atom stereocenters. The molecule has 5 heteroatoms. The summed E-state index contributed by atoms with van der Waals surface area (Å²) in [4.78, 5) is 22.1. The van der Waals surface area contributed by atoms with Gasteiger partial charge in [0.05, 0.1) is 11.1 Å². The molecule has 0 saturated heterocycles. The standard InChI is InChI=1S/C11H11F2NO2/c1-11(2,6-15)14-10(16)8-4-3-7(12)5-9(8)13/h3-6H,1-2H3,(H,14,16). The number of rotatable bonds is 3. The van der Waals surface area contributed by atoms with Crippen LogP contribution in [0.25, 0.3) is 0 Å². The first-order chi connectivity index (χ1) is 7.35. The largest absolute Gasteiger partial charge is 0.340 e. The second-order valence-corrected chi connectivity index (χ2v) is 3.92. The van der Waals surface area contributed by atoms with E-state index in [1.807, 2.05) is 0 Å². The molecule has 86 valence electrons. The second-order valence-electron chi connectivity index (χ2n) is 3.92. The van der Waals surface area contributed by atoms with Crippen LogP contribution < -0.4 is 5.32 Å². The van der Waals surface area contributed by atoms with Crippen LogP contribution in [0.5, 0.6) is 0 Å². The van der Waals surface area contributed by atoms with Gasteiger partial charge in [0, 0.05) is 6.07 Å². The fraction of sp³-hybridized carbons (Fsp3) is 0.273. The van der Waals surface area contributed by atoms with Crippen molar-refractivity contribution in [3.63, 3.8) is 0 Å². The molecule has 0 aliphatic rings. The third kappa shape index (κ3) is 2.85. The molecule has 0 aromatic heterocycles. The molecule has 1 aromatic rings. The Bertz CT molecular complexity index is 430. The van der Waals surface area contributed by atoms with Gasteiger partial charge in [-0.05, 0) is 26.0 Å². The highest BCUT2D eigenvalue weighted by atomic mass is 19.1. The predicted octanol–water partition coefficient (Wildman–Crippen LogP) is 1.67. The van der Waals surface area contributed by atoms with Crippen molar-refractivity contribution >= 4 is 12.2 Å². The van der Waals surface area contributed by atoms with Crippen molar-refractivity contribution in [2.24, 2.45) is 0 Å². The van der Waals surface area contributed by atoms with Crippen LogP contribution in [0.4, 0.5) is 8.78 Å². The van der Waals surface area contributed by atoms with Crippen molar-refractivity contribution < 1.29 is 18.4 Å². The Morgan fingerprint density at radius 1 is 1.38 bits per heavy atom. The molecule has 0 radical (unpaired) electrons. The summed E-state index contributed by atoms with van der Waals surface area (Å²) in [5.74, 6) is -2.47. The van der Waals surface area contributed by atoms with Crippen LogP contribution >= 0.6 is 0 Å². The van der Waals surface area contributed by atoms with Gasteiger partial charge in [0.1, 0.15) is 17.9 Å². The van der Waals surface area contributed by atoms with E-state index < -0.39 is 23.1 Å². The van der Waals surface area contributed by atoms with Crippen molar-refractivity contribution in [2.45, 2.75) is 19.4 Å². The third-order valence-corrected chi connectivity index (χ3v) is 1.91. The summed E-state index contributed by atoms with van der Waals surface area (Å²) in [7, 11) is 0. The molecule has 3 nitrogen and oxygen atoms in total. The van der Waals surface area contributed by atoms with Crippen LogP contribution in [-0.4, -0.2) is 17.7 Å². The smallest absolute Gasteiger partial charge is 0.255 e. The monoisotopic (exact) mass is 227 g/mol. The van der Waals surface area contributed by atoms with Crippen LogP contribution in [0.2, 0.25) is 0 Å². The number of hydrogen-bond acceptors (Lipinski definition) is 2. The van der Waals surface area contributed by atoms with Crippen LogP contribution in [0.15, 0.2) is 18.2 Å². The molecule has 0 spiro atoms. The molecule has 1 N–H and O–H groups in total. The van der Waals surface area contributed by atoms with Crippen LogP contribution in [0, 0.1) is 11.6 Å². The quantitative estimate of drug-likeness (QED) is 0.798. The molecular weight excluding hydrogens is 216 g/mol. The Balaban J connectivity index is 2.93. The lowest BCUT2D eigenvalue weighted by Gasteiger charge is -2.19. The second kappa shape index (κ2) is 4.38. The van der Waals surface area contributed by atoms with Crippen molar-refractivity contribution in [3.05, 3.63) is 35.4 Å². The molecular formula is C11H11F2NO2. The van der Waals surface area contributed by atoms with Crippen LogP contribution in [0.1, 0.15) is 24.2 Å². The average molecular weight is 227 g/mol. The topological polar surface area (TPSA) is 46.2 Å². The Hall–Kier alpha value is -1.78. The number of hydrogen-bond donors (Lipinski definition) is 1. The molecule has 0 atom stereocenters. The van der Waals surface area contributed by atoms with E-state index in [-0.39, 0.29) is 5.56 Å². The highest BCUT2D eigenvalue weighted by Crippen LogP contribution is 2.10. The molecule has 16 heavy (non-hydrogen) atoms. The minimum absolute atomic E-state index is 0.295. The first kappa shape index (κ1) is 12.3. The van der Waals surface area contributed by atoms with Crippen molar-refractivity contribution in [3.8, 4) is 0 Å². The summed E-state index contributed by atoms with van der Waals surface area (Å²) in [5, 5.41) is 2.31. The Morgan fingerprint density at radius 3 is 2.50 bits per heavy atom. The maximum Gasteiger partial charge on any atom is 0.255 e. The van der Waals surface area contributed by atoms with E-state index in [1.165, 1.54) is 13.8 Å². The van der Waals surface area contributed by atoms with E-state index in [0.29, 0.717) is 12.4 Å². The van der Waals surface area contributed by atoms with E-state index in [0.717, 1.165) is 12.1 Å². The number of halogens is 2. The van der Waals surface area contributed by atoms with Gasteiger partial charge in [-0.2, -0.15) is 0 Å². The van der Waals surface area contributed by atoms with Crippen molar-refractivity contribution in [1.29, 1.82) is 0 Å². The van der Waals surface area contributed by atoms with Gasteiger partial charge in [-0.1, -0.05) is 0 Å². The van der Waals surface area contributed by atoms with E-state index in [4.69, 9.17) is 0 Å². The van der Waals surface area contributed by atoms with Gasteiger partial charge in [0.2, 0.25) is 0 Å². The maximum absolute atomic E-state index is 13.2. The van der Waals surface area contributed by atoms with E-state index in [2.05, 4.69) is 5.32 Å². The fourth-order valence-corrected chi connectivity index (χ4v) is 1.06. The normalized spacial score (nSPS) is 11.0. The van der Waals surface area contributed by atoms with E-state index in [9.17, 15) is 18.4 Å². The minimum atomic E-state index is -1.09. The summed E-state index contributed by atoms with van der Waals surface area (Å²) < 4.78 is 25.8. The maximum atomic E-state index is 13.2. The minimum Gasteiger partial charge on any atom is -0.340 e. The summed E-state index contributed by atoms with van der Waals surface area (Å²) in [6.45, 7) is 2.94. The number of aldehydes is 1. The number of carbonyl (C=O) groups excluding carboxylic acids is 2. The first-order valence-corrected chi connectivity index (χ1v) is 4.59. The van der Waals surface area contributed by atoms with Crippen LogP contribution in [0.3, 0.4) is 0 Å². The summed E-state index contributed by atoms with van der Waals surface area (Å²) in [6.07, 6.45) is 0.534. The van der Waals surface area contributed by atoms with Gasteiger partial charge in [0.25, 0.3) is 5.91 Å². The number of carbonyl (C=O) groups is 2. The van der Waals surface area contributed by atoms with Gasteiger partial charge in [-0.25, -0.2) is 8.78 Å². The van der Waals surface area contributed by atoms with Crippen molar-refractivity contribution in [1.82, 2.24) is 5.32 Å². The lowest BCUT2D eigenvalue weighted by molar-refractivity contribution is -0.112. The predicted molar refractivity (Wildman–Crippen MR) is 54.0 cm³/mol. The van der Waals surface area contributed by atoms with E-state index in [1.54, 1.807) is 0 Å². The fourth-order valence-electron chi connectivity index (χ4n) is 1.06. The van der Waals surface area contributed by atoms with E-state index >= 15 is 0 Å². The first-order valence-electron chi connectivity index (χ1n) is 4.59. The highest BCUT2D eigenvalue weighted by Gasteiger charge is 2.22. The zero-order valence-electron chi connectivity index (χ0n) is 8.88. The third-order valence-electron chi connectivity index (χ3n) is 1.91. The molecule has 0 fully saturated rings. The summed E-state index contributed by atoms with van der Waals surface area (Å²) in [6, 6.07) is 2.62. The van der Waals surface area contributed by atoms with Gasteiger partial charge in [0.15, 0.2) is 0 Å². The lowest BCUT2D eigenvalue weighted by atomic mass is 10.1. The average Bonchev–Trinajstić information content (AvgIpc) is 2.16. The van der Waals surface area contributed by atoms with Gasteiger partial charge in [-0.3, -0.25) is 4.79 Å². The SMILES string of the molecule is CC(C)(C=O)NC(=O)c1ccc(F)cc1F. The zero-order valence-corrected chi connectivity index (χ0v) is 8.88. The molecule has 1 rings (SSSR count). The molecule has 0 aliphatic carbocycles. The number of nitrogens with one attached hydrogen (secondary N) is 1. The Labute approximate surface area is 91.5 Å². The summed E-state index contributed by atoms with van der Waals surface area (Å²) in [5.41, 5.74) is -1.38. The lowest BCUT2D eigenvalue weighted by Crippen LogP contribution is -2.44. The molecule has 1 amide bonds.